The summed E-state index contributed by atoms with van der Waals surface area (Å²) >= 11 is 0. The van der Waals surface area contributed by atoms with Gasteiger partial charge in [0.15, 0.2) is 6.04 Å². The maximum absolute atomic E-state index is 11.7. The number of aliphatic hydroxyl groups is 1. The van der Waals surface area contributed by atoms with Crippen LogP contribution in [0.5, 0.6) is 5.75 Å². The molecule has 0 heterocycles. The third-order valence-corrected chi connectivity index (χ3v) is 2.84. The smallest absolute Gasteiger partial charge is 0.328 e. The van der Waals surface area contributed by atoms with Gasteiger partial charge in [-0.2, -0.15) is 0 Å². The average molecular weight is 281 g/mol. The SMILES string of the molecule is COc1cccc(CCC(=O)N[C@H](C(=O)O)[C@@H](C)O)c1. The van der Waals surface area contributed by atoms with E-state index >= 15 is 0 Å². The molecule has 0 bridgehead atoms. The Morgan fingerprint density at radius 1 is 1.40 bits per heavy atom. The van der Waals surface area contributed by atoms with Crippen molar-refractivity contribution in [2.45, 2.75) is 31.9 Å². The fraction of sp³-hybridized carbons (Fsp3) is 0.429. The zero-order chi connectivity index (χ0) is 15.1. The lowest BCUT2D eigenvalue weighted by atomic mass is 10.1. The third kappa shape index (κ3) is 4.89. The van der Waals surface area contributed by atoms with E-state index in [9.17, 15) is 14.7 Å². The number of hydrogen-bond donors (Lipinski definition) is 3. The number of methoxy groups -OCH3 is 1. The lowest BCUT2D eigenvalue weighted by Gasteiger charge is -2.16. The Morgan fingerprint density at radius 2 is 2.10 bits per heavy atom. The van der Waals surface area contributed by atoms with Crippen LogP contribution in [0, 0.1) is 0 Å². The maximum Gasteiger partial charge on any atom is 0.328 e. The number of rotatable bonds is 7. The summed E-state index contributed by atoms with van der Waals surface area (Å²) in [6.07, 6.45) is -0.535. The standard InChI is InChI=1S/C14H19NO5/c1-9(16)13(14(18)19)15-12(17)7-6-10-4-3-5-11(8-10)20-2/h3-5,8-9,13,16H,6-7H2,1-2H3,(H,15,17)(H,18,19)/t9-,13+/m1/s1. The Morgan fingerprint density at radius 3 is 2.65 bits per heavy atom. The Kier molecular flexibility index (Phi) is 5.99. The van der Waals surface area contributed by atoms with Gasteiger partial charge in [0, 0.05) is 6.42 Å². The van der Waals surface area contributed by atoms with Crippen molar-refractivity contribution >= 4 is 11.9 Å². The van der Waals surface area contributed by atoms with Crippen LogP contribution in [0.2, 0.25) is 0 Å². The van der Waals surface area contributed by atoms with E-state index in [0.29, 0.717) is 12.2 Å². The number of aliphatic hydroxyl groups excluding tert-OH is 1. The summed E-state index contributed by atoms with van der Waals surface area (Å²) in [7, 11) is 1.56. The van der Waals surface area contributed by atoms with E-state index in [4.69, 9.17) is 9.84 Å². The second kappa shape index (κ2) is 7.49. The van der Waals surface area contributed by atoms with Crippen LogP contribution in [0.4, 0.5) is 0 Å². The van der Waals surface area contributed by atoms with Gasteiger partial charge in [-0.05, 0) is 31.0 Å². The van der Waals surface area contributed by atoms with Crippen molar-refractivity contribution in [2.75, 3.05) is 7.11 Å². The van der Waals surface area contributed by atoms with Crippen molar-refractivity contribution in [3.63, 3.8) is 0 Å². The Bertz CT molecular complexity index is 472. The summed E-state index contributed by atoms with van der Waals surface area (Å²) < 4.78 is 5.08. The van der Waals surface area contributed by atoms with Gasteiger partial charge in [0.05, 0.1) is 13.2 Å². The number of hydrogen-bond acceptors (Lipinski definition) is 4. The molecule has 1 amide bonds. The van der Waals surface area contributed by atoms with Crippen LogP contribution in [-0.2, 0) is 16.0 Å². The molecule has 0 spiro atoms. The number of carbonyl (C=O) groups is 2. The molecule has 6 nitrogen and oxygen atoms in total. The lowest BCUT2D eigenvalue weighted by Crippen LogP contribution is -2.47. The molecule has 1 aromatic rings. The van der Waals surface area contributed by atoms with Crippen LogP contribution < -0.4 is 10.1 Å². The number of carbonyl (C=O) groups excluding carboxylic acids is 1. The molecule has 0 aromatic heterocycles. The van der Waals surface area contributed by atoms with Gasteiger partial charge in [-0.3, -0.25) is 4.79 Å². The van der Waals surface area contributed by atoms with E-state index in [2.05, 4.69) is 5.32 Å². The molecule has 0 radical (unpaired) electrons. The summed E-state index contributed by atoms with van der Waals surface area (Å²) in [4.78, 5) is 22.5. The van der Waals surface area contributed by atoms with E-state index in [-0.39, 0.29) is 6.42 Å². The van der Waals surface area contributed by atoms with Crippen LogP contribution in [0.3, 0.4) is 0 Å². The van der Waals surface area contributed by atoms with Crippen LogP contribution in [0.15, 0.2) is 24.3 Å². The molecule has 0 fully saturated rings. The van der Waals surface area contributed by atoms with E-state index in [1.54, 1.807) is 13.2 Å². The van der Waals surface area contributed by atoms with E-state index in [0.717, 1.165) is 5.56 Å². The second-order valence-corrected chi connectivity index (χ2v) is 4.48. The summed E-state index contributed by atoms with van der Waals surface area (Å²) in [5, 5.41) is 20.4. The highest BCUT2D eigenvalue weighted by atomic mass is 16.5. The van der Waals surface area contributed by atoms with Crippen LogP contribution in [0.1, 0.15) is 18.9 Å². The number of aliphatic carboxylic acids is 1. The second-order valence-electron chi connectivity index (χ2n) is 4.48. The van der Waals surface area contributed by atoms with Crippen LogP contribution >= 0.6 is 0 Å². The fourth-order valence-corrected chi connectivity index (χ4v) is 1.72. The molecule has 2 atom stereocenters. The van der Waals surface area contributed by atoms with Gasteiger partial charge in [0.1, 0.15) is 5.75 Å². The van der Waals surface area contributed by atoms with E-state index < -0.39 is 24.0 Å². The highest BCUT2D eigenvalue weighted by molar-refractivity contribution is 5.84. The fourth-order valence-electron chi connectivity index (χ4n) is 1.72. The molecular formula is C14H19NO5. The van der Waals surface area contributed by atoms with Crippen molar-refractivity contribution in [3.8, 4) is 5.75 Å². The normalized spacial score (nSPS) is 13.3. The minimum absolute atomic E-state index is 0.143. The Labute approximate surface area is 117 Å². The molecule has 20 heavy (non-hydrogen) atoms. The molecule has 110 valence electrons. The lowest BCUT2D eigenvalue weighted by molar-refractivity contribution is -0.144. The topological polar surface area (TPSA) is 95.9 Å². The Hall–Kier alpha value is -2.08. The third-order valence-electron chi connectivity index (χ3n) is 2.84. The molecule has 0 aliphatic heterocycles. The minimum Gasteiger partial charge on any atom is -0.497 e. The van der Waals surface area contributed by atoms with Gasteiger partial charge < -0.3 is 20.3 Å². The zero-order valence-corrected chi connectivity index (χ0v) is 11.5. The number of nitrogens with one attached hydrogen (secondary N) is 1. The number of ether oxygens (including phenoxy) is 1. The first-order chi connectivity index (χ1) is 9.43. The van der Waals surface area contributed by atoms with Crippen LogP contribution in [0.25, 0.3) is 0 Å². The molecule has 0 saturated heterocycles. The highest BCUT2D eigenvalue weighted by Gasteiger charge is 2.24. The molecular weight excluding hydrogens is 262 g/mol. The van der Waals surface area contributed by atoms with Gasteiger partial charge in [0.2, 0.25) is 5.91 Å². The largest absolute Gasteiger partial charge is 0.497 e. The van der Waals surface area contributed by atoms with Gasteiger partial charge >= 0.3 is 5.97 Å². The summed E-state index contributed by atoms with van der Waals surface area (Å²) in [6.45, 7) is 1.32. The average Bonchev–Trinajstić information content (AvgIpc) is 2.42. The monoisotopic (exact) mass is 281 g/mol. The van der Waals surface area contributed by atoms with Gasteiger partial charge in [0.25, 0.3) is 0 Å². The molecule has 0 unspecified atom stereocenters. The Balaban J connectivity index is 2.52. The van der Waals surface area contributed by atoms with Crippen molar-refractivity contribution in [3.05, 3.63) is 29.8 Å². The zero-order valence-electron chi connectivity index (χ0n) is 11.5. The van der Waals surface area contributed by atoms with Crippen LogP contribution in [-0.4, -0.2) is 41.3 Å². The first-order valence-corrected chi connectivity index (χ1v) is 6.27. The van der Waals surface area contributed by atoms with Gasteiger partial charge in [-0.25, -0.2) is 4.79 Å². The molecule has 0 aliphatic rings. The number of aryl methyl sites for hydroxylation is 1. The minimum atomic E-state index is -1.28. The molecule has 3 N–H and O–H groups in total. The quantitative estimate of drug-likeness (QED) is 0.679. The van der Waals surface area contributed by atoms with Gasteiger partial charge in [-0.1, -0.05) is 12.1 Å². The summed E-state index contributed by atoms with van der Waals surface area (Å²) in [6, 6.07) is 6.02. The first kappa shape index (κ1) is 16.0. The number of carboxylic acids is 1. The molecule has 1 aromatic carbocycles. The predicted molar refractivity (Wildman–Crippen MR) is 72.6 cm³/mol. The van der Waals surface area contributed by atoms with Crippen molar-refractivity contribution in [1.29, 1.82) is 0 Å². The molecule has 1 rings (SSSR count). The van der Waals surface area contributed by atoms with E-state index in [1.165, 1.54) is 6.92 Å². The van der Waals surface area contributed by atoms with Crippen molar-refractivity contribution in [2.24, 2.45) is 0 Å². The molecule has 0 saturated carbocycles. The maximum atomic E-state index is 11.7. The number of benzene rings is 1. The molecule has 0 aliphatic carbocycles. The summed E-state index contributed by atoms with van der Waals surface area (Å²) in [5.41, 5.74) is 0.920. The number of carboxylic acid groups (broad SMARTS) is 1. The predicted octanol–water partition coefficient (Wildman–Crippen LogP) is 0.578. The van der Waals surface area contributed by atoms with E-state index in [1.807, 2.05) is 18.2 Å². The van der Waals surface area contributed by atoms with Crippen molar-refractivity contribution < 1.29 is 24.5 Å². The van der Waals surface area contributed by atoms with Gasteiger partial charge in [-0.15, -0.1) is 0 Å². The first-order valence-electron chi connectivity index (χ1n) is 6.27. The highest BCUT2D eigenvalue weighted by Crippen LogP contribution is 2.13. The van der Waals surface area contributed by atoms with Crippen molar-refractivity contribution in [1.82, 2.24) is 5.32 Å². The molecule has 6 heteroatoms. The summed E-state index contributed by atoms with van der Waals surface area (Å²) in [5.74, 6) is -0.967. The number of amides is 1.